The third-order valence-corrected chi connectivity index (χ3v) is 8.02. The molecule has 3 aliphatic rings. The van der Waals surface area contributed by atoms with E-state index in [4.69, 9.17) is 9.57 Å². The number of ketones is 4. The van der Waals surface area contributed by atoms with Crippen LogP contribution in [0.2, 0.25) is 0 Å². The molecular weight excluding hydrogens is 532 g/mol. The Balaban J connectivity index is 1.19. The number of nitrogens with zero attached hydrogens (tertiary/aromatic N) is 2. The average molecular weight is 559 g/mol. The summed E-state index contributed by atoms with van der Waals surface area (Å²) in [6.07, 6.45) is 0. The molecule has 0 saturated carbocycles. The number of carbonyl (C=O) groups is 4. The van der Waals surface area contributed by atoms with Crippen molar-refractivity contribution in [3.8, 4) is 0 Å². The van der Waals surface area contributed by atoms with E-state index in [0.717, 1.165) is 0 Å². The molecule has 0 radical (unpaired) electrons. The van der Waals surface area contributed by atoms with Gasteiger partial charge >= 0.3 is 0 Å². The van der Waals surface area contributed by atoms with Gasteiger partial charge in [0.25, 0.3) is 0 Å². The second kappa shape index (κ2) is 10.5. The lowest BCUT2D eigenvalue weighted by Gasteiger charge is -2.33. The molecule has 0 amide bonds. The maximum atomic E-state index is 13.6. The van der Waals surface area contributed by atoms with Crippen molar-refractivity contribution in [2.24, 2.45) is 0 Å². The van der Waals surface area contributed by atoms with Crippen LogP contribution in [0.3, 0.4) is 0 Å². The molecule has 0 atom stereocenters. The smallest absolute Gasteiger partial charge is 0.196 e. The van der Waals surface area contributed by atoms with Crippen LogP contribution < -0.4 is 9.96 Å². The van der Waals surface area contributed by atoms with E-state index in [9.17, 15) is 19.2 Å². The number of benzene rings is 4. The van der Waals surface area contributed by atoms with E-state index in [-0.39, 0.29) is 29.7 Å². The Bertz CT molecular complexity index is 1670. The van der Waals surface area contributed by atoms with E-state index < -0.39 is 0 Å². The lowest BCUT2D eigenvalue weighted by atomic mass is 9.83. The first-order valence-corrected chi connectivity index (χ1v) is 13.9. The Morgan fingerprint density at radius 2 is 0.905 bits per heavy atom. The van der Waals surface area contributed by atoms with E-state index in [1.165, 1.54) is 0 Å². The highest BCUT2D eigenvalue weighted by Crippen LogP contribution is 2.36. The van der Waals surface area contributed by atoms with E-state index in [2.05, 4.69) is 0 Å². The molecule has 42 heavy (non-hydrogen) atoms. The minimum absolute atomic E-state index is 0.170. The number of fused-ring (bicyclic) bond motifs is 4. The quantitative estimate of drug-likeness (QED) is 0.307. The van der Waals surface area contributed by atoms with Gasteiger partial charge in [0, 0.05) is 52.2 Å². The Hall–Kier alpha value is -4.92. The van der Waals surface area contributed by atoms with Crippen LogP contribution in [0.25, 0.3) is 0 Å². The summed E-state index contributed by atoms with van der Waals surface area (Å²) < 4.78 is 5.94. The summed E-state index contributed by atoms with van der Waals surface area (Å²) in [6.45, 7) is 2.16. The topological polar surface area (TPSA) is 93.2 Å². The second-order valence-electron chi connectivity index (χ2n) is 10.3. The van der Waals surface area contributed by atoms with E-state index in [0.29, 0.717) is 88.7 Å². The molecular formula is C34H26N2O6. The molecule has 1 fully saturated rings. The molecule has 2 aliphatic carbocycles. The van der Waals surface area contributed by atoms with Gasteiger partial charge in [-0.25, -0.2) is 0 Å². The summed E-state index contributed by atoms with van der Waals surface area (Å²) >= 11 is 0. The van der Waals surface area contributed by atoms with Crippen LogP contribution in [0.1, 0.15) is 63.7 Å². The molecule has 0 N–H and O–H groups in total. The monoisotopic (exact) mass is 558 g/mol. The number of hydrogen-bond acceptors (Lipinski definition) is 8. The van der Waals surface area contributed by atoms with Crippen LogP contribution >= 0.6 is 0 Å². The zero-order valence-corrected chi connectivity index (χ0v) is 22.7. The highest BCUT2D eigenvalue weighted by molar-refractivity contribution is 6.31. The van der Waals surface area contributed by atoms with Gasteiger partial charge in [0.2, 0.25) is 0 Å². The largest absolute Gasteiger partial charge is 0.378 e. The summed E-state index contributed by atoms with van der Waals surface area (Å²) in [7, 11) is 0. The highest BCUT2D eigenvalue weighted by Gasteiger charge is 2.34. The van der Waals surface area contributed by atoms with Gasteiger partial charge in [-0.15, -0.1) is 0 Å². The number of carbonyl (C=O) groups excluding carboxylic acids is 4. The summed E-state index contributed by atoms with van der Waals surface area (Å²) in [5, 5.41) is 1.62. The molecule has 208 valence electrons. The normalized spacial score (nSPS) is 16.9. The van der Waals surface area contributed by atoms with Gasteiger partial charge in [-0.2, -0.15) is 0 Å². The molecule has 4 aromatic rings. The fourth-order valence-electron chi connectivity index (χ4n) is 6.02. The lowest BCUT2D eigenvalue weighted by molar-refractivity contribution is 0.0697. The van der Waals surface area contributed by atoms with Gasteiger partial charge in [-0.3, -0.25) is 29.1 Å². The van der Waals surface area contributed by atoms with Crippen molar-refractivity contribution in [3.63, 3.8) is 0 Å². The molecule has 0 bridgehead atoms. The fraction of sp³-hybridized carbons (Fsp3) is 0.176. The Kier molecular flexibility index (Phi) is 6.49. The molecule has 0 aromatic heterocycles. The van der Waals surface area contributed by atoms with Crippen molar-refractivity contribution in [2.75, 3.05) is 49.4 Å². The molecule has 7 rings (SSSR count). The van der Waals surface area contributed by atoms with Crippen LogP contribution in [-0.2, 0) is 9.57 Å². The van der Waals surface area contributed by atoms with Crippen molar-refractivity contribution in [1.82, 2.24) is 0 Å². The van der Waals surface area contributed by atoms with Gasteiger partial charge in [0.15, 0.2) is 23.1 Å². The van der Waals surface area contributed by atoms with Crippen molar-refractivity contribution in [1.29, 1.82) is 0 Å². The zero-order valence-electron chi connectivity index (χ0n) is 22.7. The third kappa shape index (κ3) is 4.15. The second-order valence-corrected chi connectivity index (χ2v) is 10.3. The molecule has 0 spiro atoms. The van der Waals surface area contributed by atoms with Gasteiger partial charge in [0.1, 0.15) is 0 Å². The van der Waals surface area contributed by atoms with Crippen LogP contribution in [0, 0.1) is 0 Å². The Labute approximate surface area is 242 Å². The standard InChI is InChI=1S/C34H26N2O6/c37-31-21-7-1-3-9-23(21)33(39)29-25(31)11-5-13-27(29)35-15-18-41-19-17-36(42-20-16-35)28-14-6-12-26-30(28)34(40)24-10-4-2-8-22(24)32(26)38/h1-14H,15-20H2. The first kappa shape index (κ1) is 26.0. The minimum atomic E-state index is -0.224. The predicted molar refractivity (Wildman–Crippen MR) is 156 cm³/mol. The minimum Gasteiger partial charge on any atom is -0.378 e. The molecule has 8 nitrogen and oxygen atoms in total. The number of ether oxygens (including phenoxy) is 1. The van der Waals surface area contributed by atoms with Crippen LogP contribution in [0.15, 0.2) is 84.9 Å². The van der Waals surface area contributed by atoms with Crippen LogP contribution in [-0.4, -0.2) is 62.6 Å². The number of anilines is 2. The molecule has 1 aliphatic heterocycles. The highest BCUT2D eigenvalue weighted by atomic mass is 16.7. The Morgan fingerprint density at radius 3 is 1.50 bits per heavy atom. The summed E-state index contributed by atoms with van der Waals surface area (Å²) in [4.78, 5) is 62.0. The van der Waals surface area contributed by atoms with Crippen molar-refractivity contribution < 1.29 is 28.8 Å². The first-order chi connectivity index (χ1) is 20.5. The zero-order chi connectivity index (χ0) is 28.8. The summed E-state index contributed by atoms with van der Waals surface area (Å²) in [5.74, 6) is -0.772. The number of rotatable bonds is 2. The van der Waals surface area contributed by atoms with Gasteiger partial charge in [-0.1, -0.05) is 72.8 Å². The lowest BCUT2D eigenvalue weighted by Crippen LogP contribution is -2.39. The molecule has 1 saturated heterocycles. The summed E-state index contributed by atoms with van der Waals surface area (Å²) in [6, 6.07) is 24.3. The van der Waals surface area contributed by atoms with E-state index in [1.54, 1.807) is 83.9 Å². The van der Waals surface area contributed by atoms with Gasteiger partial charge < -0.3 is 9.64 Å². The maximum Gasteiger partial charge on any atom is 0.196 e. The average Bonchev–Trinajstić information content (AvgIpc) is 3.04. The third-order valence-electron chi connectivity index (χ3n) is 8.02. The fourth-order valence-corrected chi connectivity index (χ4v) is 6.02. The van der Waals surface area contributed by atoms with Crippen molar-refractivity contribution in [2.45, 2.75) is 0 Å². The molecule has 0 unspecified atom stereocenters. The predicted octanol–water partition coefficient (Wildman–Crippen LogP) is 4.51. The first-order valence-electron chi connectivity index (χ1n) is 13.9. The maximum absolute atomic E-state index is 13.6. The molecule has 8 heteroatoms. The Morgan fingerprint density at radius 1 is 0.452 bits per heavy atom. The molecule has 4 aromatic carbocycles. The van der Waals surface area contributed by atoms with Crippen molar-refractivity contribution in [3.05, 3.63) is 129 Å². The number of hydroxylamine groups is 1. The number of hydrogen-bond donors (Lipinski definition) is 0. The SMILES string of the molecule is O=C1c2ccccc2C(=O)c2c1cccc2N1CCOCCN(c2cccc3c2C(=O)c2ccccc2C3=O)OCC1. The van der Waals surface area contributed by atoms with Gasteiger partial charge in [0.05, 0.1) is 43.2 Å². The molecule has 1 heterocycles. The summed E-state index contributed by atoms with van der Waals surface area (Å²) in [5.41, 5.74) is 4.17. The van der Waals surface area contributed by atoms with Crippen LogP contribution in [0.5, 0.6) is 0 Å². The van der Waals surface area contributed by atoms with Gasteiger partial charge in [-0.05, 0) is 12.1 Å². The van der Waals surface area contributed by atoms with Crippen molar-refractivity contribution >= 4 is 34.5 Å². The van der Waals surface area contributed by atoms with Crippen LogP contribution in [0.4, 0.5) is 11.4 Å². The van der Waals surface area contributed by atoms with E-state index >= 15 is 0 Å². The van der Waals surface area contributed by atoms with E-state index in [1.807, 2.05) is 11.0 Å².